The second-order valence-electron chi connectivity index (χ2n) is 3.24. The molecule has 2 atom stereocenters. The summed E-state index contributed by atoms with van der Waals surface area (Å²) in [6, 6.07) is -0.488. The summed E-state index contributed by atoms with van der Waals surface area (Å²) < 4.78 is 7.34. The Morgan fingerprint density at radius 3 is 2.41 bits per heavy atom. The minimum Gasteiger partial charge on any atom is -0.468 e. The van der Waals surface area contributed by atoms with Crippen molar-refractivity contribution >= 4 is 59.1 Å². The largest absolute Gasteiger partial charge is 0.468 e. The second kappa shape index (κ2) is 6.85. The van der Waals surface area contributed by atoms with E-state index in [1.807, 2.05) is 0 Å². The van der Waals surface area contributed by atoms with Crippen LogP contribution in [0.3, 0.4) is 0 Å². The number of hydrogen-bond acceptors (Lipinski definition) is 5. The van der Waals surface area contributed by atoms with Crippen LogP contribution in [0.25, 0.3) is 0 Å². The number of carbonyl (C=O) groups excluding carboxylic acids is 2. The fourth-order valence-electron chi connectivity index (χ4n) is 1.33. The molecule has 1 saturated heterocycles. The first-order chi connectivity index (χ1) is 7.34. The number of rotatable bonds is 2. The van der Waals surface area contributed by atoms with Crippen LogP contribution in [0, 0.1) is 0 Å². The Bertz CT molecular complexity index is 294. The van der Waals surface area contributed by atoms with Crippen molar-refractivity contribution in [1.82, 2.24) is 5.32 Å². The van der Waals surface area contributed by atoms with E-state index >= 15 is 0 Å². The van der Waals surface area contributed by atoms with Gasteiger partial charge in [0.05, 0.1) is 7.11 Å². The number of nitrogens with one attached hydrogen (secondary N) is 1. The van der Waals surface area contributed by atoms with E-state index in [1.54, 1.807) is 0 Å². The second-order valence-corrected chi connectivity index (χ2v) is 5.53. The Hall–Kier alpha value is 0.0600. The Labute approximate surface area is 119 Å². The molecule has 17 heavy (non-hydrogen) atoms. The van der Waals surface area contributed by atoms with Crippen molar-refractivity contribution in [2.24, 2.45) is 0 Å². The van der Waals surface area contributed by atoms with E-state index in [1.165, 1.54) is 7.11 Å². The molecule has 0 amide bonds. The summed E-state index contributed by atoms with van der Waals surface area (Å²) in [4.78, 5) is 22.3. The van der Waals surface area contributed by atoms with E-state index in [0.717, 1.165) is 0 Å². The molecule has 1 aliphatic heterocycles. The van der Waals surface area contributed by atoms with Crippen molar-refractivity contribution in [2.75, 3.05) is 13.7 Å². The maximum atomic E-state index is 11.2. The Morgan fingerprint density at radius 2 is 1.94 bits per heavy atom. The molecule has 1 N–H and O–H groups in total. The lowest BCUT2D eigenvalue weighted by Crippen LogP contribution is -2.31. The summed E-state index contributed by atoms with van der Waals surface area (Å²) in [5, 5.41) is 2.83. The van der Waals surface area contributed by atoms with E-state index in [4.69, 9.17) is 39.5 Å². The molecule has 0 saturated carbocycles. The minimum absolute atomic E-state index is 0. The van der Waals surface area contributed by atoms with Gasteiger partial charge in [0.25, 0.3) is 3.79 Å². The number of halogens is 4. The molecule has 2 unspecified atom stereocenters. The number of carbonyl (C=O) groups is 2. The molecule has 0 spiro atoms. The van der Waals surface area contributed by atoms with Crippen LogP contribution < -0.4 is 5.32 Å². The number of esters is 2. The topological polar surface area (TPSA) is 64.6 Å². The third kappa shape index (κ3) is 5.06. The third-order valence-corrected chi connectivity index (χ3v) is 2.54. The molecule has 0 bridgehead atoms. The first-order valence-electron chi connectivity index (χ1n) is 4.43. The average molecular weight is 327 g/mol. The van der Waals surface area contributed by atoms with Crippen LogP contribution in [0.2, 0.25) is 0 Å². The molecule has 1 rings (SSSR count). The van der Waals surface area contributed by atoms with Gasteiger partial charge in [-0.3, -0.25) is 4.79 Å². The highest BCUT2D eigenvalue weighted by molar-refractivity contribution is 6.75. The summed E-state index contributed by atoms with van der Waals surface area (Å²) in [5.74, 6) is -1.36. The van der Waals surface area contributed by atoms with Crippen LogP contribution in [0.4, 0.5) is 0 Å². The van der Waals surface area contributed by atoms with Crippen molar-refractivity contribution in [3.05, 3.63) is 0 Å². The Kier molecular flexibility index (Phi) is 6.87. The van der Waals surface area contributed by atoms with E-state index in [2.05, 4.69) is 10.1 Å². The van der Waals surface area contributed by atoms with Crippen LogP contribution in [0.1, 0.15) is 6.42 Å². The maximum absolute atomic E-state index is 11.2. The van der Waals surface area contributed by atoms with Crippen molar-refractivity contribution in [2.45, 2.75) is 22.4 Å². The lowest BCUT2D eigenvalue weighted by Gasteiger charge is -2.15. The minimum atomic E-state index is -2.09. The lowest BCUT2D eigenvalue weighted by molar-refractivity contribution is -0.148. The van der Waals surface area contributed by atoms with Crippen LogP contribution in [0.5, 0.6) is 0 Å². The molecule has 0 aromatic rings. The number of methoxy groups -OCH3 is 1. The first-order valence-corrected chi connectivity index (χ1v) is 5.57. The molecule has 9 heteroatoms. The normalized spacial score (nSPS) is 23.8. The van der Waals surface area contributed by atoms with Crippen LogP contribution >= 0.6 is 47.2 Å². The first kappa shape index (κ1) is 17.1. The molecule has 5 nitrogen and oxygen atoms in total. The summed E-state index contributed by atoms with van der Waals surface area (Å²) in [6.07, 6.45) is -0.189. The van der Waals surface area contributed by atoms with Gasteiger partial charge in [-0.1, -0.05) is 34.8 Å². The number of alkyl halides is 3. The smallest absolute Gasteiger partial charge is 0.358 e. The molecular formula is C8H11Cl4NO4. The molecule has 1 aliphatic rings. The third-order valence-electron chi connectivity index (χ3n) is 2.08. The van der Waals surface area contributed by atoms with Gasteiger partial charge in [-0.15, -0.1) is 12.4 Å². The van der Waals surface area contributed by atoms with Crippen molar-refractivity contribution < 1.29 is 19.1 Å². The van der Waals surface area contributed by atoms with Gasteiger partial charge in [-0.25, -0.2) is 4.79 Å². The predicted octanol–water partition coefficient (Wildman–Crippen LogP) is 1.23. The van der Waals surface area contributed by atoms with Crippen LogP contribution in [-0.2, 0) is 19.1 Å². The summed E-state index contributed by atoms with van der Waals surface area (Å²) in [6.45, 7) is 0.326. The summed E-state index contributed by atoms with van der Waals surface area (Å²) >= 11 is 16.0. The van der Waals surface area contributed by atoms with Crippen LogP contribution in [0.15, 0.2) is 0 Å². The van der Waals surface area contributed by atoms with Gasteiger partial charge in [0.2, 0.25) is 0 Å². The van der Waals surface area contributed by atoms with Crippen molar-refractivity contribution in [3.8, 4) is 0 Å². The molecule has 1 heterocycles. The van der Waals surface area contributed by atoms with Gasteiger partial charge in [-0.2, -0.15) is 0 Å². The summed E-state index contributed by atoms with van der Waals surface area (Å²) in [7, 11) is 1.28. The zero-order valence-corrected chi connectivity index (χ0v) is 11.8. The van der Waals surface area contributed by atoms with Gasteiger partial charge in [-0.05, 0) is 0 Å². The van der Waals surface area contributed by atoms with Gasteiger partial charge in [0, 0.05) is 13.0 Å². The highest BCUT2D eigenvalue weighted by Gasteiger charge is 2.38. The van der Waals surface area contributed by atoms with Gasteiger partial charge in [0.1, 0.15) is 12.1 Å². The summed E-state index contributed by atoms with van der Waals surface area (Å²) in [5.41, 5.74) is 0. The standard InChI is InChI=1S/C8H10Cl3NO4.ClH/c1-15-6(13)5-2-4(3-12-5)16-7(14)8(9,10)11;/h4-5,12H,2-3H2,1H3;1H. The van der Waals surface area contributed by atoms with E-state index in [-0.39, 0.29) is 12.4 Å². The molecule has 0 aliphatic carbocycles. The quantitative estimate of drug-likeness (QED) is 0.610. The zero-order chi connectivity index (χ0) is 12.3. The predicted molar refractivity (Wildman–Crippen MR) is 65.8 cm³/mol. The van der Waals surface area contributed by atoms with Crippen molar-refractivity contribution in [1.29, 1.82) is 0 Å². The van der Waals surface area contributed by atoms with E-state index in [0.29, 0.717) is 13.0 Å². The molecule has 0 radical (unpaired) electrons. The lowest BCUT2D eigenvalue weighted by atomic mass is 10.2. The molecule has 0 aromatic heterocycles. The zero-order valence-electron chi connectivity index (χ0n) is 8.74. The fraction of sp³-hybridized carbons (Fsp3) is 0.750. The number of ether oxygens (including phenoxy) is 2. The fourth-order valence-corrected chi connectivity index (χ4v) is 1.47. The van der Waals surface area contributed by atoms with Gasteiger partial charge >= 0.3 is 11.9 Å². The molecular weight excluding hydrogens is 316 g/mol. The van der Waals surface area contributed by atoms with E-state index in [9.17, 15) is 9.59 Å². The SMILES string of the molecule is COC(=O)C1CC(OC(=O)C(Cl)(Cl)Cl)CN1.Cl. The highest BCUT2D eigenvalue weighted by Crippen LogP contribution is 2.28. The number of hydrogen-bond donors (Lipinski definition) is 1. The van der Waals surface area contributed by atoms with Gasteiger partial charge < -0.3 is 14.8 Å². The van der Waals surface area contributed by atoms with Crippen molar-refractivity contribution in [3.63, 3.8) is 0 Å². The average Bonchev–Trinajstić information content (AvgIpc) is 2.63. The maximum Gasteiger partial charge on any atom is 0.358 e. The molecule has 0 aromatic carbocycles. The highest BCUT2D eigenvalue weighted by atomic mass is 35.6. The molecule has 100 valence electrons. The molecule has 1 fully saturated rings. The van der Waals surface area contributed by atoms with Crippen LogP contribution in [-0.4, -0.2) is 41.5 Å². The Balaban J connectivity index is 0.00000256. The Morgan fingerprint density at radius 1 is 1.35 bits per heavy atom. The van der Waals surface area contributed by atoms with Gasteiger partial charge in [0.15, 0.2) is 0 Å². The van der Waals surface area contributed by atoms with E-state index < -0.39 is 27.9 Å². The monoisotopic (exact) mass is 325 g/mol.